The van der Waals surface area contributed by atoms with E-state index in [2.05, 4.69) is 25.6 Å². The molecule has 0 spiro atoms. The molecule has 118 valence electrons. The number of hydrogen-bond donors (Lipinski definition) is 3. The van der Waals surface area contributed by atoms with Crippen molar-refractivity contribution >= 4 is 40.2 Å². The number of amidine groups is 1. The lowest BCUT2D eigenvalue weighted by atomic mass is 10.1. The summed E-state index contributed by atoms with van der Waals surface area (Å²) < 4.78 is 0. The Balaban J connectivity index is 1.77. The van der Waals surface area contributed by atoms with Gasteiger partial charge in [-0.3, -0.25) is 0 Å². The van der Waals surface area contributed by atoms with Gasteiger partial charge in [0.05, 0.1) is 5.69 Å². The number of nitrogen functional groups attached to an aromatic ring is 1. The van der Waals surface area contributed by atoms with Crippen molar-refractivity contribution in [1.82, 2.24) is 20.6 Å². The van der Waals surface area contributed by atoms with Crippen molar-refractivity contribution in [2.24, 2.45) is 4.99 Å². The molecule has 0 saturated heterocycles. The van der Waals surface area contributed by atoms with Gasteiger partial charge in [-0.15, -0.1) is 0 Å². The zero-order valence-corrected chi connectivity index (χ0v) is 13.9. The Labute approximate surface area is 142 Å². The second-order valence-corrected chi connectivity index (χ2v) is 5.99. The van der Waals surface area contributed by atoms with Crippen molar-refractivity contribution in [2.45, 2.75) is 6.42 Å². The van der Waals surface area contributed by atoms with Crippen molar-refractivity contribution in [2.75, 3.05) is 12.8 Å². The fraction of sp³-hybridized carbons (Fsp3) is 0.133. The number of thiophene rings is 1. The van der Waals surface area contributed by atoms with Crippen LogP contribution in [-0.4, -0.2) is 22.9 Å². The number of aromatic nitrogens is 2. The van der Waals surface area contributed by atoms with Gasteiger partial charge in [0.25, 0.3) is 0 Å². The van der Waals surface area contributed by atoms with Crippen LogP contribution in [-0.2, 0) is 0 Å². The highest BCUT2D eigenvalue weighted by molar-refractivity contribution is 7.08. The van der Waals surface area contributed by atoms with E-state index in [1.807, 2.05) is 16.8 Å². The topological polar surface area (TPSA) is 88.2 Å². The van der Waals surface area contributed by atoms with Crippen molar-refractivity contribution in [1.29, 1.82) is 0 Å². The van der Waals surface area contributed by atoms with Gasteiger partial charge in [-0.25, -0.2) is 15.0 Å². The molecular weight excluding hydrogens is 332 g/mol. The Kier molecular flexibility index (Phi) is 4.59. The van der Waals surface area contributed by atoms with Gasteiger partial charge in [-0.1, -0.05) is 11.6 Å². The molecule has 0 aromatic carbocycles. The third kappa shape index (κ3) is 3.69. The van der Waals surface area contributed by atoms with Gasteiger partial charge in [0.2, 0.25) is 0 Å². The molecule has 3 heterocycles. The first-order valence-corrected chi connectivity index (χ1v) is 8.21. The van der Waals surface area contributed by atoms with E-state index < -0.39 is 0 Å². The lowest BCUT2D eigenvalue weighted by Crippen LogP contribution is -2.17. The first kappa shape index (κ1) is 15.5. The van der Waals surface area contributed by atoms with Crippen LogP contribution in [0, 0.1) is 0 Å². The molecule has 0 atom stereocenters. The number of hydrogen-bond acceptors (Lipinski definition) is 7. The highest BCUT2D eigenvalue weighted by Crippen LogP contribution is 2.26. The summed E-state index contributed by atoms with van der Waals surface area (Å²) in [5.74, 6) is 1.81. The Morgan fingerprint density at radius 2 is 2.30 bits per heavy atom. The Hall–Kier alpha value is -2.38. The predicted molar refractivity (Wildman–Crippen MR) is 95.9 cm³/mol. The molecule has 2 aromatic rings. The van der Waals surface area contributed by atoms with Crippen LogP contribution in [0.5, 0.6) is 0 Å². The van der Waals surface area contributed by atoms with Gasteiger partial charge in [0, 0.05) is 48.5 Å². The maximum Gasteiger partial charge on any atom is 0.160 e. The van der Waals surface area contributed by atoms with Crippen molar-refractivity contribution in [3.8, 4) is 11.3 Å². The van der Waals surface area contributed by atoms with E-state index in [1.54, 1.807) is 36.9 Å². The van der Waals surface area contributed by atoms with E-state index in [4.69, 9.17) is 17.3 Å². The average Bonchev–Trinajstić information content (AvgIpc) is 3.23. The number of anilines is 1. The molecule has 1 aliphatic heterocycles. The first-order valence-electron chi connectivity index (χ1n) is 6.89. The van der Waals surface area contributed by atoms with Crippen LogP contribution >= 0.6 is 22.9 Å². The molecule has 0 bridgehead atoms. The molecule has 3 rings (SSSR count). The van der Waals surface area contributed by atoms with Crippen LogP contribution in [0.3, 0.4) is 0 Å². The van der Waals surface area contributed by atoms with E-state index in [0.29, 0.717) is 23.2 Å². The maximum atomic E-state index is 5.92. The van der Waals surface area contributed by atoms with Gasteiger partial charge in [0.15, 0.2) is 5.82 Å². The largest absolute Gasteiger partial charge is 0.384 e. The maximum absolute atomic E-state index is 5.92. The van der Waals surface area contributed by atoms with Crippen molar-refractivity contribution in [3.63, 3.8) is 0 Å². The number of nitrogens with one attached hydrogen (secondary N) is 2. The standard InChI is InChI=1S/C15H15ClN6S/c1-18-12(16)7-20-14-4-10(6-19-14)15-21-11(5-13(17)22-15)9-2-3-23-8-9/h2-3,5-8,18H,4H2,1H3,(H,19,20)(H2,17,21,22)/b12-7-. The first-order chi connectivity index (χ1) is 11.2. The quantitative estimate of drug-likeness (QED) is 0.741. The van der Waals surface area contributed by atoms with E-state index in [0.717, 1.165) is 22.7 Å². The third-order valence-corrected chi connectivity index (χ3v) is 4.17. The van der Waals surface area contributed by atoms with Crippen molar-refractivity contribution < 1.29 is 0 Å². The summed E-state index contributed by atoms with van der Waals surface area (Å²) in [6.07, 6.45) is 3.99. The molecule has 0 unspecified atom stereocenters. The SMILES string of the molecule is CN/C(Cl)=C\NC1=NC=C(c2nc(N)cc(-c3ccsc3)n2)C1. The summed E-state index contributed by atoms with van der Waals surface area (Å²) >= 11 is 7.49. The van der Waals surface area contributed by atoms with Gasteiger partial charge in [-0.05, 0) is 11.4 Å². The Bertz CT molecular complexity index is 794. The number of halogens is 1. The lowest BCUT2D eigenvalue weighted by Gasteiger charge is -2.06. The molecular formula is C15H15ClN6S. The lowest BCUT2D eigenvalue weighted by molar-refractivity contribution is 1.04. The molecule has 2 aromatic heterocycles. The molecule has 8 heteroatoms. The number of rotatable bonds is 4. The molecule has 4 N–H and O–H groups in total. The summed E-state index contributed by atoms with van der Waals surface area (Å²) in [7, 11) is 1.74. The second-order valence-electron chi connectivity index (χ2n) is 4.81. The summed E-state index contributed by atoms with van der Waals surface area (Å²) in [5, 5.41) is 10.4. The smallest absolute Gasteiger partial charge is 0.160 e. The van der Waals surface area contributed by atoms with Crippen LogP contribution in [0.25, 0.3) is 16.8 Å². The van der Waals surface area contributed by atoms with Gasteiger partial charge >= 0.3 is 0 Å². The predicted octanol–water partition coefficient (Wildman–Crippen LogP) is 2.78. The Morgan fingerprint density at radius 3 is 3.04 bits per heavy atom. The van der Waals surface area contributed by atoms with Gasteiger partial charge < -0.3 is 16.4 Å². The molecule has 1 aliphatic rings. The monoisotopic (exact) mass is 346 g/mol. The van der Waals surface area contributed by atoms with E-state index in [1.165, 1.54) is 0 Å². The average molecular weight is 347 g/mol. The minimum Gasteiger partial charge on any atom is -0.384 e. The summed E-state index contributed by atoms with van der Waals surface area (Å²) in [5.41, 5.74) is 8.68. The number of nitrogens with zero attached hydrogens (tertiary/aromatic N) is 3. The van der Waals surface area contributed by atoms with Gasteiger partial charge in [0.1, 0.15) is 16.8 Å². The highest BCUT2D eigenvalue weighted by atomic mass is 35.5. The summed E-state index contributed by atoms with van der Waals surface area (Å²) in [6.45, 7) is 0. The minimum absolute atomic E-state index is 0.441. The minimum atomic E-state index is 0.441. The van der Waals surface area contributed by atoms with Crippen LogP contribution < -0.4 is 16.4 Å². The zero-order valence-electron chi connectivity index (χ0n) is 12.4. The highest BCUT2D eigenvalue weighted by Gasteiger charge is 2.16. The molecule has 23 heavy (non-hydrogen) atoms. The van der Waals surface area contributed by atoms with E-state index in [9.17, 15) is 0 Å². The molecule has 0 saturated carbocycles. The zero-order chi connectivity index (χ0) is 16.2. The fourth-order valence-electron chi connectivity index (χ4n) is 2.04. The van der Waals surface area contributed by atoms with Crippen LogP contribution in [0.15, 0.2) is 45.4 Å². The number of nitrogens with two attached hydrogens (primary N) is 1. The van der Waals surface area contributed by atoms with Gasteiger partial charge in [-0.2, -0.15) is 11.3 Å². The number of aliphatic imine (C=N–C) groups is 1. The summed E-state index contributed by atoms with van der Waals surface area (Å²) in [6, 6.07) is 3.78. The molecule has 0 fully saturated rings. The second kappa shape index (κ2) is 6.80. The normalized spacial score (nSPS) is 14.4. The fourth-order valence-corrected chi connectivity index (χ4v) is 2.74. The van der Waals surface area contributed by atoms with Crippen LogP contribution in [0.1, 0.15) is 12.2 Å². The summed E-state index contributed by atoms with van der Waals surface area (Å²) in [4.78, 5) is 13.2. The van der Waals surface area contributed by atoms with Crippen molar-refractivity contribution in [3.05, 3.63) is 46.3 Å². The molecule has 6 nitrogen and oxygen atoms in total. The molecule has 0 aliphatic carbocycles. The van der Waals surface area contributed by atoms with E-state index >= 15 is 0 Å². The Morgan fingerprint density at radius 1 is 1.43 bits per heavy atom. The molecule has 0 amide bonds. The van der Waals surface area contributed by atoms with Crippen LogP contribution in [0.4, 0.5) is 5.82 Å². The third-order valence-electron chi connectivity index (χ3n) is 3.19. The molecule has 0 radical (unpaired) electrons. The van der Waals surface area contributed by atoms with Crippen LogP contribution in [0.2, 0.25) is 0 Å². The van der Waals surface area contributed by atoms with E-state index in [-0.39, 0.29) is 0 Å².